The fourth-order valence-corrected chi connectivity index (χ4v) is 1.02. The van der Waals surface area contributed by atoms with E-state index in [9.17, 15) is 0 Å². The van der Waals surface area contributed by atoms with Crippen molar-refractivity contribution in [2.24, 2.45) is 0 Å². The molecule has 1 saturated heterocycles. The zero-order valence-corrected chi connectivity index (χ0v) is 5.60. The summed E-state index contributed by atoms with van der Waals surface area (Å²) in [7, 11) is 0. The SMILES string of the molecule is OCC1O[C@@H](O)CC[C@@H]1O. The Morgan fingerprint density at radius 3 is 2.50 bits per heavy atom. The predicted molar refractivity (Wildman–Crippen MR) is 33.2 cm³/mol. The summed E-state index contributed by atoms with van der Waals surface area (Å²) in [6.45, 7) is -0.238. The average Bonchev–Trinajstić information content (AvgIpc) is 1.94. The summed E-state index contributed by atoms with van der Waals surface area (Å²) in [5.41, 5.74) is 0. The maximum atomic E-state index is 9.09. The Morgan fingerprint density at radius 1 is 1.30 bits per heavy atom. The van der Waals surface area contributed by atoms with Crippen LogP contribution in [0.4, 0.5) is 0 Å². The number of hydrogen-bond donors (Lipinski definition) is 3. The highest BCUT2D eigenvalue weighted by atomic mass is 16.6. The Labute approximate surface area is 59.1 Å². The number of rotatable bonds is 1. The van der Waals surface area contributed by atoms with E-state index >= 15 is 0 Å². The van der Waals surface area contributed by atoms with Gasteiger partial charge in [0.25, 0.3) is 0 Å². The standard InChI is InChI=1S/C6H12O4/c7-3-5-4(8)1-2-6(9)10-5/h4-9H,1-3H2/t4-,5?,6+/m0/s1. The quantitative estimate of drug-likeness (QED) is 0.438. The van der Waals surface area contributed by atoms with Crippen LogP contribution in [-0.2, 0) is 4.74 Å². The zero-order valence-electron chi connectivity index (χ0n) is 5.60. The molecule has 1 aliphatic rings. The van der Waals surface area contributed by atoms with Gasteiger partial charge in [-0.3, -0.25) is 0 Å². The number of hydrogen-bond acceptors (Lipinski definition) is 4. The molecule has 0 amide bonds. The normalized spacial score (nSPS) is 41.7. The molecule has 0 aromatic heterocycles. The minimum Gasteiger partial charge on any atom is -0.394 e. The monoisotopic (exact) mass is 148 g/mol. The lowest BCUT2D eigenvalue weighted by atomic mass is 10.1. The van der Waals surface area contributed by atoms with Crippen molar-refractivity contribution in [1.82, 2.24) is 0 Å². The number of aliphatic hydroxyl groups excluding tert-OH is 3. The van der Waals surface area contributed by atoms with Crippen molar-refractivity contribution in [2.75, 3.05) is 6.61 Å². The second-order valence-corrected chi connectivity index (χ2v) is 2.46. The van der Waals surface area contributed by atoms with E-state index in [-0.39, 0.29) is 6.61 Å². The van der Waals surface area contributed by atoms with Crippen LogP contribution in [-0.4, -0.2) is 40.4 Å². The van der Waals surface area contributed by atoms with Gasteiger partial charge >= 0.3 is 0 Å². The summed E-state index contributed by atoms with van der Waals surface area (Å²) in [6, 6.07) is 0. The largest absolute Gasteiger partial charge is 0.394 e. The number of aliphatic hydroxyl groups is 3. The van der Waals surface area contributed by atoms with E-state index < -0.39 is 18.5 Å². The molecular formula is C6H12O4. The second-order valence-electron chi connectivity index (χ2n) is 2.46. The van der Waals surface area contributed by atoms with Crippen LogP contribution in [0.5, 0.6) is 0 Å². The molecule has 0 aliphatic carbocycles. The predicted octanol–water partition coefficient (Wildman–Crippen LogP) is -1.16. The fourth-order valence-electron chi connectivity index (χ4n) is 1.02. The van der Waals surface area contributed by atoms with E-state index in [0.717, 1.165) is 0 Å². The maximum Gasteiger partial charge on any atom is 0.155 e. The molecule has 60 valence electrons. The maximum absolute atomic E-state index is 9.09. The molecule has 0 radical (unpaired) electrons. The third-order valence-corrected chi connectivity index (χ3v) is 1.65. The van der Waals surface area contributed by atoms with Crippen LogP contribution in [0.25, 0.3) is 0 Å². The lowest BCUT2D eigenvalue weighted by Gasteiger charge is -2.29. The molecule has 1 heterocycles. The summed E-state index contributed by atoms with van der Waals surface area (Å²) in [5.74, 6) is 0. The first-order valence-corrected chi connectivity index (χ1v) is 3.36. The van der Waals surface area contributed by atoms with Crippen LogP contribution in [0.15, 0.2) is 0 Å². The highest BCUT2D eigenvalue weighted by molar-refractivity contribution is 4.73. The Kier molecular flexibility index (Phi) is 2.62. The molecule has 1 unspecified atom stereocenters. The van der Waals surface area contributed by atoms with Crippen molar-refractivity contribution >= 4 is 0 Å². The zero-order chi connectivity index (χ0) is 7.56. The van der Waals surface area contributed by atoms with Crippen LogP contribution >= 0.6 is 0 Å². The minimum atomic E-state index is -0.819. The minimum absolute atomic E-state index is 0.238. The molecule has 10 heavy (non-hydrogen) atoms. The first-order chi connectivity index (χ1) is 4.74. The van der Waals surface area contributed by atoms with Gasteiger partial charge in [0.05, 0.1) is 12.7 Å². The lowest BCUT2D eigenvalue weighted by molar-refractivity contribution is -0.207. The molecule has 0 aromatic carbocycles. The van der Waals surface area contributed by atoms with Crippen molar-refractivity contribution in [3.63, 3.8) is 0 Å². The van der Waals surface area contributed by atoms with E-state index in [2.05, 4.69) is 0 Å². The van der Waals surface area contributed by atoms with Gasteiger partial charge in [0.15, 0.2) is 6.29 Å². The molecular weight excluding hydrogens is 136 g/mol. The van der Waals surface area contributed by atoms with Gasteiger partial charge in [0.1, 0.15) is 6.10 Å². The Balaban J connectivity index is 2.38. The topological polar surface area (TPSA) is 69.9 Å². The summed E-state index contributed by atoms with van der Waals surface area (Å²) in [6.07, 6.45) is -1.12. The van der Waals surface area contributed by atoms with Gasteiger partial charge in [-0.1, -0.05) is 0 Å². The highest BCUT2D eigenvalue weighted by Crippen LogP contribution is 2.17. The molecule has 3 N–H and O–H groups in total. The molecule has 0 saturated carbocycles. The molecule has 4 nitrogen and oxygen atoms in total. The van der Waals surface area contributed by atoms with Gasteiger partial charge in [-0.15, -0.1) is 0 Å². The third-order valence-electron chi connectivity index (χ3n) is 1.65. The van der Waals surface area contributed by atoms with Crippen LogP contribution in [0.3, 0.4) is 0 Å². The van der Waals surface area contributed by atoms with Crippen LogP contribution in [0.2, 0.25) is 0 Å². The molecule has 0 spiro atoms. The molecule has 1 aliphatic heterocycles. The van der Waals surface area contributed by atoms with Gasteiger partial charge in [-0.05, 0) is 6.42 Å². The smallest absolute Gasteiger partial charge is 0.155 e. The third kappa shape index (κ3) is 1.67. The molecule has 4 heteroatoms. The molecule has 1 fully saturated rings. The van der Waals surface area contributed by atoms with Gasteiger partial charge in [0.2, 0.25) is 0 Å². The highest BCUT2D eigenvalue weighted by Gasteiger charge is 2.27. The van der Waals surface area contributed by atoms with Crippen molar-refractivity contribution < 1.29 is 20.1 Å². The van der Waals surface area contributed by atoms with Crippen molar-refractivity contribution in [2.45, 2.75) is 31.3 Å². The lowest BCUT2D eigenvalue weighted by Crippen LogP contribution is -2.40. The fraction of sp³-hybridized carbons (Fsp3) is 1.00. The van der Waals surface area contributed by atoms with E-state index in [1.165, 1.54) is 0 Å². The van der Waals surface area contributed by atoms with Crippen LogP contribution in [0.1, 0.15) is 12.8 Å². The van der Waals surface area contributed by atoms with Crippen molar-refractivity contribution in [1.29, 1.82) is 0 Å². The van der Waals surface area contributed by atoms with E-state index in [4.69, 9.17) is 20.1 Å². The first-order valence-electron chi connectivity index (χ1n) is 3.36. The van der Waals surface area contributed by atoms with Crippen molar-refractivity contribution in [3.8, 4) is 0 Å². The average molecular weight is 148 g/mol. The van der Waals surface area contributed by atoms with Gasteiger partial charge in [-0.25, -0.2) is 0 Å². The molecule has 3 atom stereocenters. The Morgan fingerprint density at radius 2 is 2.00 bits per heavy atom. The summed E-state index contributed by atoms with van der Waals surface area (Å²) in [5, 5.41) is 26.6. The van der Waals surface area contributed by atoms with E-state index in [0.29, 0.717) is 12.8 Å². The Hall–Kier alpha value is -0.160. The molecule has 0 bridgehead atoms. The van der Waals surface area contributed by atoms with E-state index in [1.807, 2.05) is 0 Å². The van der Waals surface area contributed by atoms with E-state index in [1.54, 1.807) is 0 Å². The summed E-state index contributed by atoms with van der Waals surface area (Å²) < 4.78 is 4.80. The van der Waals surface area contributed by atoms with Gasteiger partial charge in [0, 0.05) is 6.42 Å². The van der Waals surface area contributed by atoms with Crippen LogP contribution in [0, 0.1) is 0 Å². The molecule has 0 aromatic rings. The van der Waals surface area contributed by atoms with Crippen LogP contribution < -0.4 is 0 Å². The number of ether oxygens (including phenoxy) is 1. The van der Waals surface area contributed by atoms with Crippen molar-refractivity contribution in [3.05, 3.63) is 0 Å². The van der Waals surface area contributed by atoms with Gasteiger partial charge in [-0.2, -0.15) is 0 Å². The van der Waals surface area contributed by atoms with Gasteiger partial charge < -0.3 is 20.1 Å². The summed E-state index contributed by atoms with van der Waals surface area (Å²) >= 11 is 0. The summed E-state index contributed by atoms with van der Waals surface area (Å²) in [4.78, 5) is 0. The first kappa shape index (κ1) is 7.94. The molecule has 1 rings (SSSR count). The Bertz CT molecular complexity index is 106. The second kappa shape index (κ2) is 3.30.